The zero-order valence-electron chi connectivity index (χ0n) is 10.7. The van der Waals surface area contributed by atoms with Gasteiger partial charge in [-0.15, -0.1) is 0 Å². The van der Waals surface area contributed by atoms with Gasteiger partial charge in [0.25, 0.3) is 0 Å². The molecule has 0 bridgehead atoms. The summed E-state index contributed by atoms with van der Waals surface area (Å²) in [6.45, 7) is 1.98. The maximum Gasteiger partial charge on any atom is 0.356 e. The number of esters is 1. The number of imidazole rings is 1. The van der Waals surface area contributed by atoms with Crippen molar-refractivity contribution in [2.24, 2.45) is 0 Å². The van der Waals surface area contributed by atoms with Crippen LogP contribution in [0.5, 0.6) is 0 Å². The lowest BCUT2D eigenvalue weighted by Crippen LogP contribution is -2.04. The van der Waals surface area contributed by atoms with E-state index in [-0.39, 0.29) is 5.69 Å². The molecule has 0 aliphatic carbocycles. The minimum absolute atomic E-state index is 0.000124. The van der Waals surface area contributed by atoms with E-state index in [1.54, 1.807) is 16.7 Å². The highest BCUT2D eigenvalue weighted by molar-refractivity contribution is 5.95. The van der Waals surface area contributed by atoms with Crippen LogP contribution in [-0.4, -0.2) is 33.5 Å². The quantitative estimate of drug-likeness (QED) is 0.849. The van der Waals surface area contributed by atoms with Crippen molar-refractivity contribution in [2.75, 3.05) is 7.11 Å². The number of aromatic nitrogens is 2. The summed E-state index contributed by atoms with van der Waals surface area (Å²) in [6, 6.07) is 3.10. The van der Waals surface area contributed by atoms with Crippen LogP contribution in [0.25, 0.3) is 5.52 Å². The van der Waals surface area contributed by atoms with E-state index in [1.807, 2.05) is 6.92 Å². The SMILES string of the molecule is CCCc1nc(C(=O)O)c2ccc(C(=O)OC)cn12. The Kier molecular flexibility index (Phi) is 3.50. The number of pyridine rings is 1. The number of ether oxygens (including phenoxy) is 1. The fourth-order valence-electron chi connectivity index (χ4n) is 1.94. The number of fused-ring (bicyclic) bond motifs is 1. The highest BCUT2D eigenvalue weighted by Crippen LogP contribution is 2.16. The van der Waals surface area contributed by atoms with E-state index in [1.165, 1.54) is 13.2 Å². The van der Waals surface area contributed by atoms with E-state index in [2.05, 4.69) is 9.72 Å². The second kappa shape index (κ2) is 5.09. The highest BCUT2D eigenvalue weighted by Gasteiger charge is 2.17. The third kappa shape index (κ3) is 2.29. The van der Waals surface area contributed by atoms with Gasteiger partial charge < -0.3 is 14.2 Å². The number of aryl methyl sites for hydroxylation is 1. The van der Waals surface area contributed by atoms with Crippen molar-refractivity contribution in [3.63, 3.8) is 0 Å². The number of carbonyl (C=O) groups is 2. The molecule has 0 aromatic carbocycles. The third-order valence-corrected chi connectivity index (χ3v) is 2.81. The number of nitrogens with zero attached hydrogens (tertiary/aromatic N) is 2. The first-order valence-corrected chi connectivity index (χ1v) is 5.91. The van der Waals surface area contributed by atoms with Crippen molar-refractivity contribution in [1.29, 1.82) is 0 Å². The number of carbonyl (C=O) groups excluding carboxylic acids is 1. The zero-order chi connectivity index (χ0) is 14.0. The molecule has 0 atom stereocenters. The smallest absolute Gasteiger partial charge is 0.356 e. The van der Waals surface area contributed by atoms with Crippen molar-refractivity contribution in [3.05, 3.63) is 35.4 Å². The maximum absolute atomic E-state index is 11.5. The Balaban J connectivity index is 2.65. The van der Waals surface area contributed by atoms with Crippen LogP contribution < -0.4 is 0 Å². The van der Waals surface area contributed by atoms with Gasteiger partial charge in [0.05, 0.1) is 18.2 Å². The molecule has 0 fully saturated rings. The number of methoxy groups -OCH3 is 1. The lowest BCUT2D eigenvalue weighted by atomic mass is 10.2. The molecule has 100 valence electrons. The largest absolute Gasteiger partial charge is 0.476 e. The van der Waals surface area contributed by atoms with Crippen LogP contribution in [0.2, 0.25) is 0 Å². The average Bonchev–Trinajstić information content (AvgIpc) is 2.77. The molecule has 6 heteroatoms. The molecular formula is C13H14N2O4. The summed E-state index contributed by atoms with van der Waals surface area (Å²) in [5.41, 5.74) is 0.838. The minimum atomic E-state index is -1.08. The number of hydrogen-bond donors (Lipinski definition) is 1. The summed E-state index contributed by atoms with van der Waals surface area (Å²) in [6.07, 6.45) is 3.03. The highest BCUT2D eigenvalue weighted by atomic mass is 16.5. The fraction of sp³-hybridized carbons (Fsp3) is 0.308. The first-order chi connectivity index (χ1) is 9.08. The average molecular weight is 262 g/mol. The molecule has 6 nitrogen and oxygen atoms in total. The van der Waals surface area contributed by atoms with Gasteiger partial charge in [0.2, 0.25) is 0 Å². The Hall–Kier alpha value is -2.37. The van der Waals surface area contributed by atoms with Crippen LogP contribution in [0.1, 0.15) is 40.0 Å². The third-order valence-electron chi connectivity index (χ3n) is 2.81. The second-order valence-corrected chi connectivity index (χ2v) is 4.10. The van der Waals surface area contributed by atoms with Crippen molar-refractivity contribution in [2.45, 2.75) is 19.8 Å². The maximum atomic E-state index is 11.5. The van der Waals surface area contributed by atoms with Crippen molar-refractivity contribution < 1.29 is 19.4 Å². The van der Waals surface area contributed by atoms with Crippen molar-refractivity contribution in [3.8, 4) is 0 Å². The molecule has 0 aliphatic heterocycles. The molecular weight excluding hydrogens is 248 g/mol. The van der Waals surface area contributed by atoms with Crippen LogP contribution in [0.3, 0.4) is 0 Å². The van der Waals surface area contributed by atoms with Gasteiger partial charge in [0.1, 0.15) is 5.82 Å². The number of hydrogen-bond acceptors (Lipinski definition) is 4. The van der Waals surface area contributed by atoms with Crippen molar-refractivity contribution in [1.82, 2.24) is 9.38 Å². The topological polar surface area (TPSA) is 80.9 Å². The molecule has 2 heterocycles. The molecule has 0 saturated heterocycles. The first kappa shape index (κ1) is 13.1. The van der Waals surface area contributed by atoms with Crippen LogP contribution in [0.15, 0.2) is 18.3 Å². The number of carboxylic acid groups (broad SMARTS) is 1. The monoisotopic (exact) mass is 262 g/mol. The van der Waals surface area contributed by atoms with Crippen molar-refractivity contribution >= 4 is 17.5 Å². The van der Waals surface area contributed by atoms with Gasteiger partial charge >= 0.3 is 11.9 Å². The molecule has 0 aliphatic rings. The van der Waals surface area contributed by atoms with Crippen LogP contribution >= 0.6 is 0 Å². The number of carboxylic acids is 1. The Labute approximate surface area is 109 Å². The Morgan fingerprint density at radius 3 is 2.74 bits per heavy atom. The molecule has 2 aromatic heterocycles. The van der Waals surface area contributed by atoms with Crippen LogP contribution in [-0.2, 0) is 11.2 Å². The molecule has 2 rings (SSSR count). The molecule has 0 saturated carbocycles. The van der Waals surface area contributed by atoms with E-state index >= 15 is 0 Å². The van der Waals surface area contributed by atoms with Crippen LogP contribution in [0, 0.1) is 0 Å². The van der Waals surface area contributed by atoms with Gasteiger partial charge in [-0.2, -0.15) is 0 Å². The Bertz CT molecular complexity index is 645. The standard InChI is InChI=1S/C13H14N2O4/c1-3-4-10-14-11(12(16)17)9-6-5-8(7-15(9)10)13(18)19-2/h5-7H,3-4H2,1-2H3,(H,16,17). The predicted molar refractivity (Wildman–Crippen MR) is 67.5 cm³/mol. The molecule has 0 amide bonds. The molecule has 2 aromatic rings. The Morgan fingerprint density at radius 2 is 2.16 bits per heavy atom. The summed E-state index contributed by atoms with van der Waals surface area (Å²) in [5.74, 6) is -0.916. The molecule has 0 spiro atoms. The van der Waals surface area contributed by atoms with E-state index in [4.69, 9.17) is 5.11 Å². The van der Waals surface area contributed by atoms with Crippen LogP contribution in [0.4, 0.5) is 0 Å². The fourth-order valence-corrected chi connectivity index (χ4v) is 1.94. The summed E-state index contributed by atoms with van der Waals surface area (Å²) in [5, 5.41) is 9.12. The minimum Gasteiger partial charge on any atom is -0.476 e. The van der Waals surface area contributed by atoms with Gasteiger partial charge in [0, 0.05) is 12.6 Å². The summed E-state index contributed by atoms with van der Waals surface area (Å²) in [7, 11) is 1.30. The first-order valence-electron chi connectivity index (χ1n) is 5.91. The van der Waals surface area contributed by atoms with Gasteiger partial charge in [-0.25, -0.2) is 14.6 Å². The molecule has 1 N–H and O–H groups in total. The lowest BCUT2D eigenvalue weighted by Gasteiger charge is -2.03. The normalized spacial score (nSPS) is 10.6. The van der Waals surface area contributed by atoms with Gasteiger partial charge in [-0.3, -0.25) is 0 Å². The van der Waals surface area contributed by atoms with Gasteiger partial charge in [-0.1, -0.05) is 6.92 Å². The molecule has 0 radical (unpaired) electrons. The summed E-state index contributed by atoms with van der Waals surface area (Å²) < 4.78 is 6.29. The van der Waals surface area contributed by atoms with E-state index < -0.39 is 11.9 Å². The van der Waals surface area contributed by atoms with E-state index in [0.717, 1.165) is 6.42 Å². The summed E-state index contributed by atoms with van der Waals surface area (Å²) in [4.78, 5) is 26.8. The second-order valence-electron chi connectivity index (χ2n) is 4.10. The molecule has 19 heavy (non-hydrogen) atoms. The van der Waals surface area contributed by atoms with E-state index in [0.29, 0.717) is 23.3 Å². The lowest BCUT2D eigenvalue weighted by molar-refractivity contribution is 0.0599. The molecule has 0 unspecified atom stereocenters. The van der Waals surface area contributed by atoms with E-state index in [9.17, 15) is 9.59 Å². The summed E-state index contributed by atoms with van der Waals surface area (Å²) >= 11 is 0. The van der Waals surface area contributed by atoms with Gasteiger partial charge in [-0.05, 0) is 18.6 Å². The number of rotatable bonds is 4. The predicted octanol–water partition coefficient (Wildman–Crippen LogP) is 1.77. The Morgan fingerprint density at radius 1 is 1.42 bits per heavy atom. The number of aromatic carboxylic acids is 1. The zero-order valence-corrected chi connectivity index (χ0v) is 10.7. The van der Waals surface area contributed by atoms with Gasteiger partial charge in [0.15, 0.2) is 5.69 Å².